The number of nitrogens with two attached hydrogens (primary N) is 1. The molecular weight excluding hydrogens is 274 g/mol. The van der Waals surface area contributed by atoms with Crippen molar-refractivity contribution in [3.63, 3.8) is 0 Å². The van der Waals surface area contributed by atoms with Gasteiger partial charge in [-0.05, 0) is 49.4 Å². The molecule has 1 aromatic rings. The van der Waals surface area contributed by atoms with Gasteiger partial charge in [0.15, 0.2) is 0 Å². The molecule has 0 unspecified atom stereocenters. The first-order chi connectivity index (χ1) is 10.6. The van der Waals surface area contributed by atoms with Crippen molar-refractivity contribution < 1.29 is 9.47 Å². The van der Waals surface area contributed by atoms with Crippen LogP contribution < -0.4 is 15.2 Å². The summed E-state index contributed by atoms with van der Waals surface area (Å²) in [5.74, 6) is 1.89. The highest BCUT2D eigenvalue weighted by Crippen LogP contribution is 2.31. The van der Waals surface area contributed by atoms with Gasteiger partial charge in [0, 0.05) is 6.04 Å². The first kappa shape index (κ1) is 18.8. The molecular formula is C19H33NO2. The zero-order chi connectivity index (χ0) is 16.4. The van der Waals surface area contributed by atoms with Crippen LogP contribution in [0.4, 0.5) is 0 Å². The van der Waals surface area contributed by atoms with Crippen LogP contribution in [0, 0.1) is 0 Å². The average Bonchev–Trinajstić information content (AvgIpc) is 2.50. The van der Waals surface area contributed by atoms with Crippen molar-refractivity contribution in [2.75, 3.05) is 14.2 Å². The molecule has 0 fully saturated rings. The fourth-order valence-electron chi connectivity index (χ4n) is 2.82. The Morgan fingerprint density at radius 2 is 1.45 bits per heavy atom. The van der Waals surface area contributed by atoms with E-state index < -0.39 is 0 Å². The first-order valence-electron chi connectivity index (χ1n) is 8.61. The van der Waals surface area contributed by atoms with Crippen LogP contribution >= 0.6 is 0 Å². The zero-order valence-corrected chi connectivity index (χ0v) is 14.8. The minimum Gasteiger partial charge on any atom is -0.496 e. The summed E-state index contributed by atoms with van der Waals surface area (Å²) in [6, 6.07) is 4.33. The lowest BCUT2D eigenvalue weighted by atomic mass is 9.99. The standard InChI is InChI=1S/C19H33NO2/c1-5-6-7-8-9-10-11-16-13-19(22-4)17(12-15(2)20)14-18(16)21-3/h13-15H,5-12,20H2,1-4H3/t15-/m0/s1. The third-order valence-corrected chi connectivity index (χ3v) is 4.03. The van der Waals surface area contributed by atoms with E-state index in [-0.39, 0.29) is 6.04 Å². The molecule has 126 valence electrons. The van der Waals surface area contributed by atoms with Crippen molar-refractivity contribution in [3.8, 4) is 11.5 Å². The summed E-state index contributed by atoms with van der Waals surface area (Å²) in [6.07, 6.45) is 9.67. The summed E-state index contributed by atoms with van der Waals surface area (Å²) in [5.41, 5.74) is 8.28. The van der Waals surface area contributed by atoms with E-state index in [0.29, 0.717) is 0 Å². The fraction of sp³-hybridized carbons (Fsp3) is 0.684. The molecule has 0 saturated heterocycles. The van der Waals surface area contributed by atoms with Crippen LogP contribution in [0.25, 0.3) is 0 Å². The number of hydrogen-bond acceptors (Lipinski definition) is 3. The van der Waals surface area contributed by atoms with Crippen LogP contribution in [0.5, 0.6) is 11.5 Å². The second kappa shape index (κ2) is 10.5. The van der Waals surface area contributed by atoms with Gasteiger partial charge in [-0.15, -0.1) is 0 Å². The average molecular weight is 307 g/mol. The van der Waals surface area contributed by atoms with Crippen molar-refractivity contribution in [2.24, 2.45) is 5.73 Å². The van der Waals surface area contributed by atoms with E-state index in [4.69, 9.17) is 15.2 Å². The van der Waals surface area contributed by atoms with Crippen molar-refractivity contribution in [3.05, 3.63) is 23.3 Å². The van der Waals surface area contributed by atoms with Gasteiger partial charge in [0.05, 0.1) is 14.2 Å². The van der Waals surface area contributed by atoms with Crippen molar-refractivity contribution in [2.45, 2.75) is 71.3 Å². The summed E-state index contributed by atoms with van der Waals surface area (Å²) in [5, 5.41) is 0. The molecule has 0 aliphatic rings. The molecule has 1 atom stereocenters. The Hall–Kier alpha value is -1.22. The molecule has 1 aromatic carbocycles. The van der Waals surface area contributed by atoms with E-state index in [1.807, 2.05) is 6.92 Å². The quantitative estimate of drug-likeness (QED) is 0.612. The number of unbranched alkanes of at least 4 members (excludes halogenated alkanes) is 5. The molecule has 0 aliphatic heterocycles. The predicted octanol–water partition coefficient (Wildman–Crippen LogP) is 4.50. The third kappa shape index (κ3) is 6.27. The van der Waals surface area contributed by atoms with Gasteiger partial charge in [-0.25, -0.2) is 0 Å². The van der Waals surface area contributed by atoms with E-state index in [0.717, 1.165) is 29.9 Å². The molecule has 3 nitrogen and oxygen atoms in total. The number of hydrogen-bond donors (Lipinski definition) is 1. The highest BCUT2D eigenvalue weighted by atomic mass is 16.5. The van der Waals surface area contributed by atoms with E-state index in [1.165, 1.54) is 44.1 Å². The number of methoxy groups -OCH3 is 2. The Morgan fingerprint density at radius 3 is 2.05 bits per heavy atom. The number of benzene rings is 1. The second-order valence-electron chi connectivity index (χ2n) is 6.18. The maximum Gasteiger partial charge on any atom is 0.122 e. The molecule has 0 heterocycles. The Balaban J connectivity index is 2.68. The molecule has 0 amide bonds. The van der Waals surface area contributed by atoms with Gasteiger partial charge < -0.3 is 15.2 Å². The summed E-state index contributed by atoms with van der Waals surface area (Å²) in [6.45, 7) is 4.26. The first-order valence-corrected chi connectivity index (χ1v) is 8.61. The lowest BCUT2D eigenvalue weighted by molar-refractivity contribution is 0.393. The number of aryl methyl sites for hydroxylation is 1. The molecule has 0 spiro atoms. The van der Waals surface area contributed by atoms with Crippen molar-refractivity contribution >= 4 is 0 Å². The van der Waals surface area contributed by atoms with Gasteiger partial charge in [0.2, 0.25) is 0 Å². The largest absolute Gasteiger partial charge is 0.496 e. The topological polar surface area (TPSA) is 44.5 Å². The molecule has 1 rings (SSSR count). The summed E-state index contributed by atoms with van der Waals surface area (Å²) in [7, 11) is 3.46. The van der Waals surface area contributed by atoms with Gasteiger partial charge >= 0.3 is 0 Å². The van der Waals surface area contributed by atoms with Gasteiger partial charge in [0.25, 0.3) is 0 Å². The zero-order valence-electron chi connectivity index (χ0n) is 14.8. The summed E-state index contributed by atoms with van der Waals surface area (Å²) >= 11 is 0. The van der Waals surface area contributed by atoms with Crippen molar-refractivity contribution in [1.29, 1.82) is 0 Å². The number of ether oxygens (including phenoxy) is 2. The minimum atomic E-state index is 0.114. The molecule has 0 aliphatic carbocycles. The second-order valence-corrected chi connectivity index (χ2v) is 6.18. The van der Waals surface area contributed by atoms with E-state index >= 15 is 0 Å². The Labute approximate surface area is 136 Å². The maximum atomic E-state index is 5.92. The highest BCUT2D eigenvalue weighted by Gasteiger charge is 2.12. The van der Waals surface area contributed by atoms with E-state index in [1.54, 1.807) is 14.2 Å². The Kier molecular flexibility index (Phi) is 8.98. The summed E-state index contributed by atoms with van der Waals surface area (Å²) < 4.78 is 11.1. The smallest absolute Gasteiger partial charge is 0.122 e. The molecule has 0 aromatic heterocycles. The molecule has 3 heteroatoms. The minimum absolute atomic E-state index is 0.114. The van der Waals surface area contributed by atoms with Crippen LogP contribution in [0.1, 0.15) is 63.5 Å². The Bertz CT molecular complexity index is 430. The molecule has 0 radical (unpaired) electrons. The molecule has 2 N–H and O–H groups in total. The normalized spacial score (nSPS) is 12.2. The van der Waals surface area contributed by atoms with Crippen LogP contribution in [0.3, 0.4) is 0 Å². The predicted molar refractivity (Wildman–Crippen MR) is 94.0 cm³/mol. The van der Waals surface area contributed by atoms with E-state index in [9.17, 15) is 0 Å². The summed E-state index contributed by atoms with van der Waals surface area (Å²) in [4.78, 5) is 0. The van der Waals surface area contributed by atoms with Crippen LogP contribution in [0.2, 0.25) is 0 Å². The molecule has 22 heavy (non-hydrogen) atoms. The van der Waals surface area contributed by atoms with Gasteiger partial charge in [-0.3, -0.25) is 0 Å². The highest BCUT2D eigenvalue weighted by molar-refractivity contribution is 5.47. The maximum absolute atomic E-state index is 5.92. The van der Waals surface area contributed by atoms with Crippen molar-refractivity contribution in [1.82, 2.24) is 0 Å². The third-order valence-electron chi connectivity index (χ3n) is 4.03. The molecule has 0 saturated carbocycles. The van der Waals surface area contributed by atoms with Gasteiger partial charge in [-0.2, -0.15) is 0 Å². The van der Waals surface area contributed by atoms with Crippen LogP contribution in [-0.4, -0.2) is 20.3 Å². The molecule has 0 bridgehead atoms. The monoisotopic (exact) mass is 307 g/mol. The SMILES string of the molecule is CCCCCCCCc1cc(OC)c(C[C@H](C)N)cc1OC. The Morgan fingerprint density at radius 1 is 0.909 bits per heavy atom. The van der Waals surface area contributed by atoms with E-state index in [2.05, 4.69) is 19.1 Å². The fourth-order valence-corrected chi connectivity index (χ4v) is 2.82. The lowest BCUT2D eigenvalue weighted by Crippen LogP contribution is -2.18. The lowest BCUT2D eigenvalue weighted by Gasteiger charge is -2.16. The van der Waals surface area contributed by atoms with Crippen LogP contribution in [-0.2, 0) is 12.8 Å². The van der Waals surface area contributed by atoms with Crippen LogP contribution in [0.15, 0.2) is 12.1 Å². The van der Waals surface area contributed by atoms with Gasteiger partial charge in [-0.1, -0.05) is 39.0 Å². The number of rotatable bonds is 11. The van der Waals surface area contributed by atoms with Gasteiger partial charge in [0.1, 0.15) is 11.5 Å².